The number of aliphatic imine (C=N–C) groups is 1. The van der Waals surface area contributed by atoms with Gasteiger partial charge in [-0.15, -0.1) is 0 Å². The number of hydrazine groups is 1. The molecule has 40 heavy (non-hydrogen) atoms. The third-order valence-corrected chi connectivity index (χ3v) is 6.93. The van der Waals surface area contributed by atoms with Crippen molar-refractivity contribution < 1.29 is 14.6 Å². The normalized spacial score (nSPS) is 17.6. The minimum absolute atomic E-state index is 0.0305. The van der Waals surface area contributed by atoms with Gasteiger partial charge in [0.15, 0.2) is 11.5 Å². The van der Waals surface area contributed by atoms with Gasteiger partial charge in [0.1, 0.15) is 6.10 Å². The molecule has 1 aliphatic rings. The molecule has 4 aromatic rings. The summed E-state index contributed by atoms with van der Waals surface area (Å²) in [5.74, 6) is 12.2. The van der Waals surface area contributed by atoms with Gasteiger partial charge in [-0.25, -0.2) is 10.8 Å². The van der Waals surface area contributed by atoms with Crippen molar-refractivity contribution in [2.24, 2.45) is 21.8 Å². The molecule has 5 rings (SSSR count). The van der Waals surface area contributed by atoms with E-state index in [9.17, 15) is 5.11 Å². The standard InChI is InChI=1S/C28H31ClN8O3/c1-32-11-2-12-37(31)27(36-30)20-9-5-18(6-10-20)17-3-7-19(8-4-17)25-23(29)14-24-26(34-25)35-28(33-24)40-22-13-21(15-38)39-16-22/h3-11,14,21-22,38H,2,12-13,15-16,30-31H2,1H3,(H,33,34,35). The molecule has 2 aromatic carbocycles. The van der Waals surface area contributed by atoms with Crippen LogP contribution in [0, 0.1) is 0 Å². The molecule has 12 heteroatoms. The Morgan fingerprint density at radius 2 is 1.88 bits per heavy atom. The van der Waals surface area contributed by atoms with Crippen molar-refractivity contribution in [3.8, 4) is 28.4 Å². The molecule has 1 saturated heterocycles. The van der Waals surface area contributed by atoms with Gasteiger partial charge < -0.3 is 30.4 Å². The first kappa shape index (κ1) is 27.5. The van der Waals surface area contributed by atoms with Crippen LogP contribution in [-0.4, -0.2) is 76.1 Å². The third-order valence-electron chi connectivity index (χ3n) is 6.64. The number of amidine groups is 1. The fraction of sp³-hybridized carbons (Fsp3) is 0.286. The van der Waals surface area contributed by atoms with Crippen LogP contribution in [0.2, 0.25) is 5.02 Å². The van der Waals surface area contributed by atoms with E-state index in [0.717, 1.165) is 22.3 Å². The number of halogens is 1. The topological polar surface area (TPSA) is 160 Å². The third kappa shape index (κ3) is 6.07. The SMILES string of the molecule is CN=CCCN(N)C(=NN)c1ccc(-c2ccc(-c3nc4nc(OC5COC(CO)C5)[nH]c4cc3Cl)cc2)cc1. The van der Waals surface area contributed by atoms with Crippen LogP contribution in [0.3, 0.4) is 0 Å². The van der Waals surface area contributed by atoms with Gasteiger partial charge in [0, 0.05) is 43.8 Å². The molecule has 1 fully saturated rings. The van der Waals surface area contributed by atoms with Crippen LogP contribution in [0.1, 0.15) is 18.4 Å². The Kier molecular flexibility index (Phi) is 8.56. The number of rotatable bonds is 9. The predicted octanol–water partition coefficient (Wildman–Crippen LogP) is 3.36. The first-order chi connectivity index (χ1) is 19.5. The number of hydrazone groups is 1. The molecule has 2 aromatic heterocycles. The number of fused-ring (bicyclic) bond motifs is 1. The fourth-order valence-corrected chi connectivity index (χ4v) is 4.83. The molecule has 3 heterocycles. The number of benzene rings is 2. The molecular weight excluding hydrogens is 532 g/mol. The van der Waals surface area contributed by atoms with E-state index in [1.165, 1.54) is 5.01 Å². The highest BCUT2D eigenvalue weighted by Crippen LogP contribution is 2.31. The number of hydrogen-bond acceptors (Lipinski definition) is 9. The highest BCUT2D eigenvalue weighted by molar-refractivity contribution is 6.33. The molecule has 0 aliphatic carbocycles. The summed E-state index contributed by atoms with van der Waals surface area (Å²) in [4.78, 5) is 16.2. The summed E-state index contributed by atoms with van der Waals surface area (Å²) >= 11 is 6.60. The number of nitrogens with one attached hydrogen (secondary N) is 1. The molecule has 0 saturated carbocycles. The lowest BCUT2D eigenvalue weighted by atomic mass is 10.0. The van der Waals surface area contributed by atoms with Gasteiger partial charge in [0.25, 0.3) is 6.01 Å². The lowest BCUT2D eigenvalue weighted by Crippen LogP contribution is -2.39. The van der Waals surface area contributed by atoms with Crippen molar-refractivity contribution in [3.05, 3.63) is 65.2 Å². The quantitative estimate of drug-likeness (QED) is 0.104. The van der Waals surface area contributed by atoms with Crippen molar-refractivity contribution in [1.82, 2.24) is 20.0 Å². The van der Waals surface area contributed by atoms with Crippen molar-refractivity contribution in [2.75, 3.05) is 26.8 Å². The number of aromatic amines is 1. The fourth-order valence-electron chi connectivity index (χ4n) is 4.57. The van der Waals surface area contributed by atoms with E-state index < -0.39 is 0 Å². The first-order valence-electron chi connectivity index (χ1n) is 12.9. The molecule has 0 bridgehead atoms. The lowest BCUT2D eigenvalue weighted by Gasteiger charge is -2.19. The number of nitrogens with zero attached hydrogens (tertiary/aromatic N) is 5. The number of ether oxygens (including phenoxy) is 2. The average Bonchev–Trinajstić information content (AvgIpc) is 3.59. The van der Waals surface area contributed by atoms with Gasteiger partial charge in [0.05, 0.1) is 35.6 Å². The van der Waals surface area contributed by atoms with Crippen LogP contribution in [0.4, 0.5) is 0 Å². The molecule has 2 unspecified atom stereocenters. The van der Waals surface area contributed by atoms with E-state index in [1.54, 1.807) is 19.3 Å². The van der Waals surface area contributed by atoms with Crippen LogP contribution < -0.4 is 16.4 Å². The summed E-state index contributed by atoms with van der Waals surface area (Å²) in [5.41, 5.74) is 5.53. The summed E-state index contributed by atoms with van der Waals surface area (Å²) in [6.07, 6.45) is 2.70. The zero-order chi connectivity index (χ0) is 28.1. The van der Waals surface area contributed by atoms with E-state index >= 15 is 0 Å². The second-order valence-electron chi connectivity index (χ2n) is 9.38. The van der Waals surface area contributed by atoms with Gasteiger partial charge in [-0.1, -0.05) is 60.1 Å². The molecule has 11 nitrogen and oxygen atoms in total. The molecule has 6 N–H and O–H groups in total. The van der Waals surface area contributed by atoms with E-state index in [2.05, 4.69) is 25.0 Å². The maximum absolute atomic E-state index is 9.26. The van der Waals surface area contributed by atoms with Gasteiger partial charge in [-0.2, -0.15) is 10.1 Å². The molecule has 1 aliphatic heterocycles. The van der Waals surface area contributed by atoms with Crippen LogP contribution >= 0.6 is 11.6 Å². The number of nitrogens with two attached hydrogens (primary N) is 2. The van der Waals surface area contributed by atoms with Crippen LogP contribution in [0.5, 0.6) is 6.01 Å². The molecule has 208 valence electrons. The Morgan fingerprint density at radius 3 is 2.52 bits per heavy atom. The highest BCUT2D eigenvalue weighted by atomic mass is 35.5. The molecular formula is C28H31ClN8O3. The molecule has 0 amide bonds. The molecule has 0 spiro atoms. The van der Waals surface area contributed by atoms with Gasteiger partial charge in [-0.05, 0) is 17.2 Å². The number of pyridine rings is 1. The number of imidazole rings is 1. The minimum Gasteiger partial charge on any atom is -0.459 e. The smallest absolute Gasteiger partial charge is 0.296 e. The lowest BCUT2D eigenvalue weighted by molar-refractivity contribution is 0.0528. The number of aliphatic hydroxyl groups excluding tert-OH is 1. The van der Waals surface area contributed by atoms with Crippen molar-refractivity contribution in [1.29, 1.82) is 0 Å². The Morgan fingerprint density at radius 1 is 1.18 bits per heavy atom. The second-order valence-corrected chi connectivity index (χ2v) is 9.78. The van der Waals surface area contributed by atoms with Gasteiger partial charge in [0.2, 0.25) is 0 Å². The number of H-pyrrole nitrogens is 1. The summed E-state index contributed by atoms with van der Waals surface area (Å²) < 4.78 is 11.4. The number of aromatic nitrogens is 3. The van der Waals surface area contributed by atoms with Crippen molar-refractivity contribution in [3.63, 3.8) is 0 Å². The van der Waals surface area contributed by atoms with Crippen LogP contribution in [-0.2, 0) is 4.74 Å². The largest absolute Gasteiger partial charge is 0.459 e. The van der Waals surface area contributed by atoms with E-state index in [1.807, 2.05) is 48.5 Å². The van der Waals surface area contributed by atoms with Crippen LogP contribution in [0.25, 0.3) is 33.5 Å². The Balaban J connectivity index is 1.30. The van der Waals surface area contributed by atoms with Crippen molar-refractivity contribution >= 4 is 34.8 Å². The first-order valence-corrected chi connectivity index (χ1v) is 13.2. The average molecular weight is 563 g/mol. The Bertz CT molecular complexity index is 1500. The summed E-state index contributed by atoms with van der Waals surface area (Å²) in [5, 5.41) is 15.1. The zero-order valence-corrected chi connectivity index (χ0v) is 22.8. The minimum atomic E-state index is -0.209. The van der Waals surface area contributed by atoms with Crippen LogP contribution in [0.15, 0.2) is 64.7 Å². The summed E-state index contributed by atoms with van der Waals surface area (Å²) in [7, 11) is 1.72. The Labute approximate surface area is 236 Å². The Hall–Kier alpha value is -4.03. The maximum atomic E-state index is 9.26. The zero-order valence-electron chi connectivity index (χ0n) is 22.0. The monoisotopic (exact) mass is 562 g/mol. The van der Waals surface area contributed by atoms with Crippen molar-refractivity contribution in [2.45, 2.75) is 25.0 Å². The van der Waals surface area contributed by atoms with Gasteiger partial charge in [-0.3, -0.25) is 5.01 Å². The highest BCUT2D eigenvalue weighted by Gasteiger charge is 2.27. The molecule has 2 atom stereocenters. The number of hydrogen-bond donors (Lipinski definition) is 4. The number of aliphatic hydroxyl groups is 1. The predicted molar refractivity (Wildman–Crippen MR) is 156 cm³/mol. The molecule has 0 radical (unpaired) electrons. The summed E-state index contributed by atoms with van der Waals surface area (Å²) in [6, 6.07) is 18.0. The summed E-state index contributed by atoms with van der Waals surface area (Å²) in [6.45, 7) is 0.919. The van der Waals surface area contributed by atoms with Gasteiger partial charge >= 0.3 is 0 Å². The van der Waals surface area contributed by atoms with E-state index in [0.29, 0.717) is 59.7 Å². The maximum Gasteiger partial charge on any atom is 0.296 e. The second kappa shape index (κ2) is 12.4. The van der Waals surface area contributed by atoms with E-state index in [4.69, 9.17) is 32.8 Å². The van der Waals surface area contributed by atoms with E-state index in [-0.39, 0.29) is 18.8 Å².